The minimum absolute atomic E-state index is 0.0752. The molecule has 4 rings (SSSR count). The summed E-state index contributed by atoms with van der Waals surface area (Å²) in [6.07, 6.45) is -0.809. The van der Waals surface area contributed by atoms with E-state index in [1.165, 1.54) is 9.80 Å². The summed E-state index contributed by atoms with van der Waals surface area (Å²) in [6.45, 7) is 2.38. The summed E-state index contributed by atoms with van der Waals surface area (Å²) in [7, 11) is 0. The zero-order chi connectivity index (χ0) is 24.6. The Morgan fingerprint density at radius 3 is 1.43 bits per heavy atom. The van der Waals surface area contributed by atoms with Crippen molar-refractivity contribution in [2.75, 3.05) is 52.6 Å². The number of carbonyl (C=O) groups excluding carboxylic acids is 4. The highest BCUT2D eigenvalue weighted by Gasteiger charge is 2.22. The van der Waals surface area contributed by atoms with E-state index >= 15 is 0 Å². The average Bonchev–Trinajstić information content (AvgIpc) is 3.47. The molecule has 184 valence electrons. The van der Waals surface area contributed by atoms with Gasteiger partial charge in [0.25, 0.3) is 0 Å². The van der Waals surface area contributed by atoms with Crippen LogP contribution in [0.5, 0.6) is 11.5 Å². The molecule has 2 heterocycles. The van der Waals surface area contributed by atoms with Crippen molar-refractivity contribution >= 4 is 24.1 Å². The Labute approximate surface area is 201 Å². The summed E-state index contributed by atoms with van der Waals surface area (Å²) in [5, 5.41) is 0. The maximum atomic E-state index is 12.2. The van der Waals surface area contributed by atoms with E-state index in [4.69, 9.17) is 23.7 Å². The molecule has 0 aliphatic carbocycles. The van der Waals surface area contributed by atoms with Crippen LogP contribution in [-0.2, 0) is 18.9 Å². The van der Waals surface area contributed by atoms with Gasteiger partial charge in [0.05, 0.1) is 37.3 Å². The molecule has 0 bridgehead atoms. The number of ether oxygens (including phenoxy) is 5. The lowest BCUT2D eigenvalue weighted by Gasteiger charge is -2.13. The van der Waals surface area contributed by atoms with Gasteiger partial charge in [-0.3, -0.25) is 0 Å². The van der Waals surface area contributed by atoms with Crippen molar-refractivity contribution in [2.45, 2.75) is 0 Å². The third-order valence-corrected chi connectivity index (χ3v) is 5.29. The summed E-state index contributed by atoms with van der Waals surface area (Å²) >= 11 is 0. The standard InChI is InChI=1S/C24H24N2O9/c27-21(31-13-9-25-11-15-33-23(25)29)17-1-5-19(6-2-17)35-20-7-3-18(4-8-20)22(28)32-14-10-26-12-16-34-24(26)30/h1-8H,9-16H2. The average molecular weight is 484 g/mol. The summed E-state index contributed by atoms with van der Waals surface area (Å²) in [4.78, 5) is 50.0. The van der Waals surface area contributed by atoms with E-state index in [1.807, 2.05) is 0 Å². The fourth-order valence-electron chi connectivity index (χ4n) is 3.38. The molecular weight excluding hydrogens is 460 g/mol. The third kappa shape index (κ3) is 6.40. The number of rotatable bonds is 10. The molecule has 0 radical (unpaired) electrons. The van der Waals surface area contributed by atoms with E-state index < -0.39 is 24.1 Å². The first-order valence-corrected chi connectivity index (χ1v) is 11.1. The van der Waals surface area contributed by atoms with Crippen LogP contribution in [0.15, 0.2) is 48.5 Å². The van der Waals surface area contributed by atoms with Crippen LogP contribution in [0.1, 0.15) is 20.7 Å². The van der Waals surface area contributed by atoms with Crippen LogP contribution in [0, 0.1) is 0 Å². The van der Waals surface area contributed by atoms with Crippen molar-refractivity contribution < 1.29 is 42.9 Å². The lowest BCUT2D eigenvalue weighted by molar-refractivity contribution is 0.0470. The van der Waals surface area contributed by atoms with Crippen LogP contribution in [-0.4, -0.2) is 86.5 Å². The number of amides is 2. The van der Waals surface area contributed by atoms with Gasteiger partial charge in [0.2, 0.25) is 0 Å². The Kier molecular flexibility index (Phi) is 7.66. The van der Waals surface area contributed by atoms with Crippen molar-refractivity contribution in [1.29, 1.82) is 0 Å². The van der Waals surface area contributed by atoms with Crippen molar-refractivity contribution in [3.05, 3.63) is 59.7 Å². The molecule has 0 atom stereocenters. The highest BCUT2D eigenvalue weighted by molar-refractivity contribution is 5.90. The minimum atomic E-state index is -0.506. The second kappa shape index (κ2) is 11.2. The molecule has 2 saturated heterocycles. The SMILES string of the molecule is O=C(OCCN1CCOC1=O)c1ccc(Oc2ccc(C(=O)OCCN3CCOC3=O)cc2)cc1. The molecule has 2 aromatic rings. The van der Waals surface area contributed by atoms with Crippen molar-refractivity contribution in [1.82, 2.24) is 9.80 Å². The van der Waals surface area contributed by atoms with E-state index in [0.29, 0.717) is 48.9 Å². The summed E-state index contributed by atoms with van der Waals surface area (Å²) in [5.74, 6) is -0.0226. The largest absolute Gasteiger partial charge is 0.460 e. The lowest BCUT2D eigenvalue weighted by Crippen LogP contribution is -2.29. The fourth-order valence-corrected chi connectivity index (χ4v) is 3.38. The van der Waals surface area contributed by atoms with Crippen LogP contribution < -0.4 is 4.74 Å². The minimum Gasteiger partial charge on any atom is -0.460 e. The van der Waals surface area contributed by atoms with Crippen molar-refractivity contribution in [3.8, 4) is 11.5 Å². The summed E-state index contributed by atoms with van der Waals surface area (Å²) in [6, 6.07) is 12.8. The van der Waals surface area contributed by atoms with Crippen molar-refractivity contribution in [2.24, 2.45) is 0 Å². The van der Waals surface area contributed by atoms with Gasteiger partial charge in [0.15, 0.2) is 0 Å². The first-order chi connectivity index (χ1) is 17.0. The number of carbonyl (C=O) groups is 4. The lowest BCUT2D eigenvalue weighted by atomic mass is 10.2. The molecule has 0 saturated carbocycles. The van der Waals surface area contributed by atoms with Crippen LogP contribution in [0.2, 0.25) is 0 Å². The molecular formula is C24H24N2O9. The predicted octanol–water partition coefficient (Wildman–Crippen LogP) is 2.70. The van der Waals surface area contributed by atoms with Gasteiger partial charge in [-0.15, -0.1) is 0 Å². The van der Waals surface area contributed by atoms with Gasteiger partial charge in [-0.2, -0.15) is 0 Å². The van der Waals surface area contributed by atoms with Gasteiger partial charge >= 0.3 is 24.1 Å². The van der Waals surface area contributed by atoms with Crippen LogP contribution in [0.25, 0.3) is 0 Å². The summed E-state index contributed by atoms with van der Waals surface area (Å²) in [5.41, 5.74) is 0.697. The van der Waals surface area contributed by atoms with Gasteiger partial charge in [0.1, 0.15) is 37.9 Å². The van der Waals surface area contributed by atoms with Gasteiger partial charge in [-0.25, -0.2) is 19.2 Å². The second-order valence-electron chi connectivity index (χ2n) is 7.63. The summed E-state index contributed by atoms with van der Waals surface area (Å²) < 4.78 is 25.8. The van der Waals surface area contributed by atoms with Gasteiger partial charge < -0.3 is 33.5 Å². The van der Waals surface area contributed by atoms with Gasteiger partial charge in [-0.1, -0.05) is 0 Å². The molecule has 0 spiro atoms. The van der Waals surface area contributed by atoms with E-state index in [-0.39, 0.29) is 26.3 Å². The monoisotopic (exact) mass is 484 g/mol. The molecule has 0 unspecified atom stereocenters. The molecule has 2 aromatic carbocycles. The molecule has 2 aliphatic rings. The molecule has 0 N–H and O–H groups in total. The Morgan fingerprint density at radius 2 is 1.09 bits per heavy atom. The molecule has 2 amide bonds. The van der Waals surface area contributed by atoms with E-state index in [1.54, 1.807) is 48.5 Å². The number of benzene rings is 2. The zero-order valence-corrected chi connectivity index (χ0v) is 18.8. The number of hydrogen-bond donors (Lipinski definition) is 0. The second-order valence-corrected chi connectivity index (χ2v) is 7.63. The van der Waals surface area contributed by atoms with Crippen LogP contribution in [0.4, 0.5) is 9.59 Å². The van der Waals surface area contributed by atoms with Gasteiger partial charge in [-0.05, 0) is 48.5 Å². The Balaban J connectivity index is 1.20. The quantitative estimate of drug-likeness (QED) is 0.370. The third-order valence-electron chi connectivity index (χ3n) is 5.29. The first-order valence-electron chi connectivity index (χ1n) is 11.1. The Morgan fingerprint density at radius 1 is 0.686 bits per heavy atom. The highest BCUT2D eigenvalue weighted by atomic mass is 16.6. The highest BCUT2D eigenvalue weighted by Crippen LogP contribution is 2.22. The maximum absolute atomic E-state index is 12.2. The smallest absolute Gasteiger partial charge is 0.410 e. The Bertz CT molecular complexity index is 984. The Hall–Kier alpha value is -4.28. The molecule has 11 heteroatoms. The van der Waals surface area contributed by atoms with E-state index in [2.05, 4.69) is 0 Å². The molecule has 2 fully saturated rings. The normalized spacial score (nSPS) is 15.0. The molecule has 35 heavy (non-hydrogen) atoms. The zero-order valence-electron chi connectivity index (χ0n) is 18.8. The number of hydrogen-bond acceptors (Lipinski definition) is 9. The maximum Gasteiger partial charge on any atom is 0.410 e. The number of nitrogens with zero attached hydrogens (tertiary/aromatic N) is 2. The van der Waals surface area contributed by atoms with E-state index in [9.17, 15) is 19.2 Å². The molecule has 11 nitrogen and oxygen atoms in total. The van der Waals surface area contributed by atoms with Crippen LogP contribution in [0.3, 0.4) is 0 Å². The van der Waals surface area contributed by atoms with Crippen molar-refractivity contribution in [3.63, 3.8) is 0 Å². The number of esters is 2. The predicted molar refractivity (Wildman–Crippen MR) is 119 cm³/mol. The molecule has 2 aliphatic heterocycles. The molecule has 0 aromatic heterocycles. The van der Waals surface area contributed by atoms with Gasteiger partial charge in [0, 0.05) is 0 Å². The number of cyclic esters (lactones) is 2. The van der Waals surface area contributed by atoms with Crippen LogP contribution >= 0.6 is 0 Å². The topological polar surface area (TPSA) is 121 Å². The van der Waals surface area contributed by atoms with E-state index in [0.717, 1.165) is 0 Å². The fraction of sp³-hybridized carbons (Fsp3) is 0.333. The first kappa shape index (κ1) is 23.9.